The Balaban J connectivity index is 1.68. The Labute approximate surface area is 165 Å². The number of nitrogens with zero attached hydrogens (tertiary/aromatic N) is 2. The molecule has 2 aromatic rings. The average molecular weight is 404 g/mol. The number of carbonyl (C=O) groups excluding carboxylic acids is 2. The molecule has 8 heteroatoms. The summed E-state index contributed by atoms with van der Waals surface area (Å²) in [6.07, 6.45) is -4.26. The first-order chi connectivity index (χ1) is 13.8. The Kier molecular flexibility index (Phi) is 4.82. The van der Waals surface area contributed by atoms with Crippen molar-refractivity contribution >= 4 is 23.2 Å². The van der Waals surface area contributed by atoms with Gasteiger partial charge in [0.2, 0.25) is 5.91 Å². The number of amides is 2. The molecule has 0 aromatic heterocycles. The molecule has 0 radical (unpaired) electrons. The number of fused-ring (bicyclic) bond motifs is 1. The first-order valence-corrected chi connectivity index (χ1v) is 9.39. The summed E-state index contributed by atoms with van der Waals surface area (Å²) in [5, 5.41) is 1.60. The third kappa shape index (κ3) is 3.27. The van der Waals surface area contributed by atoms with Crippen LogP contribution in [0.3, 0.4) is 0 Å². The van der Waals surface area contributed by atoms with Gasteiger partial charge in [-0.05, 0) is 36.8 Å². The first-order valence-electron chi connectivity index (χ1n) is 9.39. The summed E-state index contributed by atoms with van der Waals surface area (Å²) in [7, 11) is 0. The smallest absolute Gasteiger partial charge is 0.273 e. The summed E-state index contributed by atoms with van der Waals surface area (Å²) < 4.78 is 39.2. The van der Waals surface area contributed by atoms with Crippen LogP contribution < -0.4 is 9.96 Å². The Bertz CT molecular complexity index is 932. The monoisotopic (exact) mass is 404 g/mol. The van der Waals surface area contributed by atoms with E-state index in [4.69, 9.17) is 4.84 Å². The molecule has 152 valence electrons. The largest absolute Gasteiger partial charge is 0.416 e. The molecule has 2 aromatic carbocycles. The average Bonchev–Trinajstić information content (AvgIpc) is 3.18. The standard InChI is InChI=1S/C21H19F3N2O3/c1-2-7-16-17-18(29-26(16)14-9-4-3-5-10-14)20(28)25(19(17)27)15-11-6-8-13(12-15)21(22,23)24/h3-6,8-12,16-18H,2,7H2,1H3/t16-,17-,18-/m1/s1. The van der Waals surface area contributed by atoms with Crippen molar-refractivity contribution in [1.29, 1.82) is 0 Å². The van der Waals surface area contributed by atoms with Gasteiger partial charge in [-0.3, -0.25) is 14.4 Å². The lowest BCUT2D eigenvalue weighted by atomic mass is 9.93. The van der Waals surface area contributed by atoms with Gasteiger partial charge in [0.15, 0.2) is 6.10 Å². The van der Waals surface area contributed by atoms with Crippen LogP contribution in [0.5, 0.6) is 0 Å². The highest BCUT2D eigenvalue weighted by Gasteiger charge is 2.59. The second kappa shape index (κ2) is 7.18. The van der Waals surface area contributed by atoms with Crippen LogP contribution in [-0.2, 0) is 20.6 Å². The highest BCUT2D eigenvalue weighted by molar-refractivity contribution is 6.23. The SMILES string of the molecule is CCC[C@@H]1[C@H]2C(=O)N(c3cccc(C(F)(F)F)c3)C(=O)[C@@H]2ON1c1ccccc1. The maximum absolute atomic E-state index is 13.1. The van der Waals surface area contributed by atoms with Gasteiger partial charge in [-0.25, -0.2) is 9.96 Å². The molecule has 5 nitrogen and oxygen atoms in total. The predicted molar refractivity (Wildman–Crippen MR) is 99.9 cm³/mol. The van der Waals surface area contributed by atoms with Crippen LogP contribution in [0.2, 0.25) is 0 Å². The minimum absolute atomic E-state index is 0.0886. The van der Waals surface area contributed by atoms with E-state index in [9.17, 15) is 22.8 Å². The van der Waals surface area contributed by atoms with Gasteiger partial charge in [-0.15, -0.1) is 0 Å². The van der Waals surface area contributed by atoms with E-state index < -0.39 is 35.6 Å². The number of hydroxylamine groups is 1. The zero-order valence-corrected chi connectivity index (χ0v) is 15.6. The van der Waals surface area contributed by atoms with Gasteiger partial charge in [-0.2, -0.15) is 13.2 Å². The van der Waals surface area contributed by atoms with Gasteiger partial charge < -0.3 is 0 Å². The van der Waals surface area contributed by atoms with E-state index in [1.54, 1.807) is 5.06 Å². The van der Waals surface area contributed by atoms with Crippen molar-refractivity contribution in [2.24, 2.45) is 5.92 Å². The molecule has 2 fully saturated rings. The lowest BCUT2D eigenvalue weighted by Gasteiger charge is -2.28. The lowest BCUT2D eigenvalue weighted by Crippen LogP contribution is -2.40. The zero-order valence-electron chi connectivity index (χ0n) is 15.6. The molecule has 3 atom stereocenters. The van der Waals surface area contributed by atoms with Crippen LogP contribution in [0.25, 0.3) is 0 Å². The number of alkyl halides is 3. The van der Waals surface area contributed by atoms with Gasteiger partial charge in [-0.1, -0.05) is 37.6 Å². The van der Waals surface area contributed by atoms with Gasteiger partial charge in [0.1, 0.15) is 0 Å². The van der Waals surface area contributed by atoms with Gasteiger partial charge in [0, 0.05) is 0 Å². The minimum atomic E-state index is -4.57. The molecular formula is C21H19F3N2O3. The molecule has 0 bridgehead atoms. The third-order valence-corrected chi connectivity index (χ3v) is 5.27. The van der Waals surface area contributed by atoms with Crippen LogP contribution in [0.1, 0.15) is 25.3 Å². The highest BCUT2D eigenvalue weighted by Crippen LogP contribution is 2.42. The van der Waals surface area contributed by atoms with Crippen molar-refractivity contribution in [2.75, 3.05) is 9.96 Å². The molecule has 29 heavy (non-hydrogen) atoms. The number of carbonyl (C=O) groups is 2. The molecule has 2 amide bonds. The topological polar surface area (TPSA) is 49.9 Å². The van der Waals surface area contributed by atoms with E-state index >= 15 is 0 Å². The summed E-state index contributed by atoms with van der Waals surface area (Å²) in [6.45, 7) is 1.96. The van der Waals surface area contributed by atoms with Crippen molar-refractivity contribution in [3.63, 3.8) is 0 Å². The number of para-hydroxylation sites is 1. The maximum Gasteiger partial charge on any atom is 0.416 e. The third-order valence-electron chi connectivity index (χ3n) is 5.27. The van der Waals surface area contributed by atoms with E-state index in [0.29, 0.717) is 6.42 Å². The van der Waals surface area contributed by atoms with Crippen LogP contribution >= 0.6 is 0 Å². The number of halogens is 3. The van der Waals surface area contributed by atoms with E-state index in [1.807, 2.05) is 37.3 Å². The Morgan fingerprint density at radius 1 is 0.966 bits per heavy atom. The predicted octanol–water partition coefficient (Wildman–Crippen LogP) is 4.18. The van der Waals surface area contributed by atoms with E-state index in [0.717, 1.165) is 29.1 Å². The second-order valence-electron chi connectivity index (χ2n) is 7.13. The summed E-state index contributed by atoms with van der Waals surface area (Å²) in [5.74, 6) is -1.94. The van der Waals surface area contributed by atoms with Crippen LogP contribution in [0.15, 0.2) is 54.6 Å². The van der Waals surface area contributed by atoms with Gasteiger partial charge >= 0.3 is 6.18 Å². The van der Waals surface area contributed by atoms with E-state index in [-0.39, 0.29) is 11.7 Å². The van der Waals surface area contributed by atoms with E-state index in [1.165, 1.54) is 12.1 Å². The maximum atomic E-state index is 13.1. The van der Waals surface area contributed by atoms with Gasteiger partial charge in [0.05, 0.1) is 28.9 Å². The summed E-state index contributed by atoms with van der Waals surface area (Å²) in [5.41, 5.74) is -0.273. The fourth-order valence-electron chi connectivity index (χ4n) is 3.99. The fourth-order valence-corrected chi connectivity index (χ4v) is 3.99. The molecule has 2 aliphatic rings. The van der Waals surface area contributed by atoms with Crippen molar-refractivity contribution in [2.45, 2.75) is 38.1 Å². The molecule has 0 saturated carbocycles. The number of imide groups is 1. The Morgan fingerprint density at radius 2 is 1.66 bits per heavy atom. The number of anilines is 2. The Hall–Kier alpha value is -2.87. The van der Waals surface area contributed by atoms with Gasteiger partial charge in [0.25, 0.3) is 5.91 Å². The fraction of sp³-hybridized carbons (Fsp3) is 0.333. The highest BCUT2D eigenvalue weighted by atomic mass is 19.4. The normalized spacial score (nSPS) is 24.3. The molecule has 2 heterocycles. The van der Waals surface area contributed by atoms with Crippen molar-refractivity contribution < 1.29 is 27.6 Å². The number of hydrogen-bond acceptors (Lipinski definition) is 4. The van der Waals surface area contributed by atoms with Crippen molar-refractivity contribution in [3.05, 3.63) is 60.2 Å². The summed E-state index contributed by atoms with van der Waals surface area (Å²) in [6, 6.07) is 13.0. The molecule has 0 unspecified atom stereocenters. The van der Waals surface area contributed by atoms with Crippen molar-refractivity contribution in [3.8, 4) is 0 Å². The van der Waals surface area contributed by atoms with Crippen molar-refractivity contribution in [1.82, 2.24) is 0 Å². The first kappa shape index (κ1) is 19.4. The zero-order chi connectivity index (χ0) is 20.8. The molecular weight excluding hydrogens is 385 g/mol. The van der Waals surface area contributed by atoms with E-state index in [2.05, 4.69) is 0 Å². The molecule has 4 rings (SSSR count). The van der Waals surface area contributed by atoms with Crippen LogP contribution in [0, 0.1) is 5.92 Å². The molecule has 0 spiro atoms. The van der Waals surface area contributed by atoms with Crippen LogP contribution in [-0.4, -0.2) is 24.0 Å². The lowest BCUT2D eigenvalue weighted by molar-refractivity contribution is -0.137. The number of hydrogen-bond donors (Lipinski definition) is 0. The second-order valence-corrected chi connectivity index (χ2v) is 7.13. The molecule has 0 N–H and O–H groups in total. The van der Waals surface area contributed by atoms with Crippen LogP contribution in [0.4, 0.5) is 24.5 Å². The molecule has 2 saturated heterocycles. The molecule has 2 aliphatic heterocycles. The number of rotatable bonds is 4. The summed E-state index contributed by atoms with van der Waals surface area (Å²) >= 11 is 0. The Morgan fingerprint density at radius 3 is 2.31 bits per heavy atom. The summed E-state index contributed by atoms with van der Waals surface area (Å²) in [4.78, 5) is 32.8. The molecule has 0 aliphatic carbocycles. The minimum Gasteiger partial charge on any atom is -0.273 e. The number of benzene rings is 2. The quantitative estimate of drug-likeness (QED) is 0.718.